The Labute approximate surface area is 103 Å². The van der Waals surface area contributed by atoms with Gasteiger partial charge in [-0.2, -0.15) is 0 Å². The first-order valence-electron chi connectivity index (χ1n) is 4.04. The van der Waals surface area contributed by atoms with E-state index in [1.165, 1.54) is 11.3 Å². The number of carbonyl (C=O) groups excluding carboxylic acids is 1. The summed E-state index contributed by atoms with van der Waals surface area (Å²) in [6.07, 6.45) is 2.46. The fourth-order valence-electron chi connectivity index (χ4n) is 1.17. The molecule has 2 rings (SSSR count). The first-order chi connectivity index (χ1) is 6.46. The van der Waals surface area contributed by atoms with Crippen LogP contribution in [0.2, 0.25) is 0 Å². The Hall–Kier alpha value is 0.0600. The van der Waals surface area contributed by atoms with Gasteiger partial charge in [0.05, 0.1) is 8.65 Å². The van der Waals surface area contributed by atoms with Gasteiger partial charge in [0, 0.05) is 11.6 Å². The number of aromatic nitrogens is 1. The summed E-state index contributed by atoms with van der Waals surface area (Å²) in [7, 11) is 0. The Bertz CT molecular complexity index is 365. The Morgan fingerprint density at radius 2 is 2.36 bits per heavy atom. The summed E-state index contributed by atoms with van der Waals surface area (Å²) in [5.41, 5.74) is -0.376. The molecule has 14 heavy (non-hydrogen) atoms. The van der Waals surface area contributed by atoms with Crippen LogP contribution in [0.3, 0.4) is 0 Å². The maximum atomic E-state index is 11.8. The summed E-state index contributed by atoms with van der Waals surface area (Å²) >= 11 is 8.33. The summed E-state index contributed by atoms with van der Waals surface area (Å²) in [5.74, 6) is 0.00111. The van der Waals surface area contributed by atoms with Crippen molar-refractivity contribution in [2.45, 2.75) is 16.6 Å². The number of anilines is 1. The summed E-state index contributed by atoms with van der Waals surface area (Å²) < 4.78 is -0.242. The third-order valence-corrected chi connectivity index (χ3v) is 5.41. The largest absolute Gasteiger partial charge is 0.301 e. The summed E-state index contributed by atoms with van der Waals surface area (Å²) in [6.45, 7) is 1.92. The molecule has 1 unspecified atom stereocenters. The summed E-state index contributed by atoms with van der Waals surface area (Å²) in [4.78, 5) is 15.8. The lowest BCUT2D eigenvalue weighted by molar-refractivity contribution is -0.120. The third kappa shape index (κ3) is 1.63. The van der Waals surface area contributed by atoms with Gasteiger partial charge in [0.25, 0.3) is 0 Å². The highest BCUT2D eigenvalue weighted by molar-refractivity contribution is 9.25. The normalized spacial score (nSPS) is 28.5. The number of halogens is 2. The third-order valence-electron chi connectivity index (χ3n) is 2.41. The molecule has 1 saturated carbocycles. The molecule has 1 aromatic heterocycles. The number of nitrogens with one attached hydrogen (secondary N) is 1. The minimum absolute atomic E-state index is 0.00111. The molecule has 1 aromatic rings. The van der Waals surface area contributed by atoms with Gasteiger partial charge in [0.2, 0.25) is 5.91 Å². The van der Waals surface area contributed by atoms with E-state index in [1.54, 1.807) is 6.20 Å². The van der Waals surface area contributed by atoms with Crippen molar-refractivity contribution in [3.05, 3.63) is 11.6 Å². The molecular formula is C8H8Br2N2OS. The zero-order valence-corrected chi connectivity index (χ0v) is 11.4. The van der Waals surface area contributed by atoms with Crippen LogP contribution in [0, 0.1) is 5.41 Å². The van der Waals surface area contributed by atoms with Crippen molar-refractivity contribution in [3.63, 3.8) is 0 Å². The van der Waals surface area contributed by atoms with E-state index in [1.807, 2.05) is 12.3 Å². The Kier molecular flexibility index (Phi) is 2.48. The monoisotopic (exact) mass is 338 g/mol. The van der Waals surface area contributed by atoms with E-state index in [2.05, 4.69) is 42.2 Å². The molecular weight excluding hydrogens is 332 g/mol. The molecule has 1 N–H and O–H groups in total. The van der Waals surface area contributed by atoms with Gasteiger partial charge in [-0.1, -0.05) is 31.9 Å². The van der Waals surface area contributed by atoms with Gasteiger partial charge in [-0.3, -0.25) is 4.79 Å². The maximum absolute atomic E-state index is 11.8. The molecule has 76 valence electrons. The van der Waals surface area contributed by atoms with Crippen LogP contribution in [0.15, 0.2) is 11.6 Å². The summed E-state index contributed by atoms with van der Waals surface area (Å²) in [6, 6.07) is 0. The lowest BCUT2D eigenvalue weighted by atomic mass is 10.1. The minimum Gasteiger partial charge on any atom is -0.301 e. The van der Waals surface area contributed by atoms with Crippen molar-refractivity contribution in [1.29, 1.82) is 0 Å². The number of alkyl halides is 2. The first kappa shape index (κ1) is 10.6. The molecule has 0 spiro atoms. The number of amides is 1. The molecule has 0 saturated heterocycles. The minimum atomic E-state index is -0.376. The van der Waals surface area contributed by atoms with Crippen LogP contribution >= 0.6 is 43.2 Å². The highest BCUT2D eigenvalue weighted by atomic mass is 79.9. The average molecular weight is 340 g/mol. The van der Waals surface area contributed by atoms with Crippen molar-refractivity contribution in [2.24, 2.45) is 5.41 Å². The van der Waals surface area contributed by atoms with E-state index in [9.17, 15) is 4.79 Å². The second-order valence-electron chi connectivity index (χ2n) is 3.50. The van der Waals surface area contributed by atoms with Crippen LogP contribution < -0.4 is 5.32 Å². The SMILES string of the molecule is CC1(C(=O)Nc2nccs2)CC1(Br)Br. The fraction of sp³-hybridized carbons (Fsp3) is 0.500. The number of carbonyl (C=O) groups is 1. The number of rotatable bonds is 2. The van der Waals surface area contributed by atoms with Crippen LogP contribution in [0.1, 0.15) is 13.3 Å². The number of thiazole rings is 1. The van der Waals surface area contributed by atoms with Crippen molar-refractivity contribution in [1.82, 2.24) is 4.98 Å². The summed E-state index contributed by atoms with van der Waals surface area (Å²) in [5, 5.41) is 5.27. The van der Waals surface area contributed by atoms with Crippen LogP contribution in [-0.2, 0) is 4.79 Å². The standard InChI is InChI=1S/C8H8Br2N2OS/c1-7(4-8(7,9)10)5(13)12-6-11-2-3-14-6/h2-3H,4H2,1H3,(H,11,12,13). The molecule has 6 heteroatoms. The van der Waals surface area contributed by atoms with Crippen LogP contribution in [0.25, 0.3) is 0 Å². The molecule has 1 atom stereocenters. The van der Waals surface area contributed by atoms with E-state index < -0.39 is 0 Å². The van der Waals surface area contributed by atoms with Gasteiger partial charge < -0.3 is 5.32 Å². The van der Waals surface area contributed by atoms with Crippen molar-refractivity contribution >= 4 is 54.2 Å². The zero-order valence-electron chi connectivity index (χ0n) is 7.38. The van der Waals surface area contributed by atoms with Crippen LogP contribution in [-0.4, -0.2) is 14.1 Å². The molecule has 0 radical (unpaired) electrons. The highest BCUT2D eigenvalue weighted by Gasteiger charge is 2.66. The van der Waals surface area contributed by atoms with Gasteiger partial charge in [-0.05, 0) is 13.3 Å². The molecule has 1 aliphatic carbocycles. The van der Waals surface area contributed by atoms with Crippen molar-refractivity contribution in [3.8, 4) is 0 Å². The lowest BCUT2D eigenvalue weighted by Crippen LogP contribution is -2.25. The number of nitrogens with zero attached hydrogens (tertiary/aromatic N) is 1. The van der Waals surface area contributed by atoms with Crippen molar-refractivity contribution < 1.29 is 4.79 Å². The topological polar surface area (TPSA) is 42.0 Å². The molecule has 1 heterocycles. The molecule has 1 amide bonds. The van der Waals surface area contributed by atoms with Gasteiger partial charge in [0.15, 0.2) is 5.13 Å². The molecule has 1 fully saturated rings. The predicted octanol–water partition coefficient (Wildman–Crippen LogP) is 2.98. The molecule has 0 bridgehead atoms. The second-order valence-corrected chi connectivity index (χ2v) is 8.17. The van der Waals surface area contributed by atoms with Gasteiger partial charge >= 0.3 is 0 Å². The molecule has 0 aliphatic heterocycles. The van der Waals surface area contributed by atoms with E-state index in [4.69, 9.17) is 0 Å². The maximum Gasteiger partial charge on any atom is 0.234 e. The Morgan fingerprint density at radius 3 is 2.79 bits per heavy atom. The van der Waals surface area contributed by atoms with E-state index >= 15 is 0 Å². The fourth-order valence-corrected chi connectivity index (χ4v) is 3.17. The zero-order chi connectivity index (χ0) is 10.4. The van der Waals surface area contributed by atoms with E-state index in [-0.39, 0.29) is 14.6 Å². The van der Waals surface area contributed by atoms with E-state index in [0.717, 1.165) is 6.42 Å². The number of hydrogen-bond acceptors (Lipinski definition) is 3. The highest BCUT2D eigenvalue weighted by Crippen LogP contribution is 2.66. The average Bonchev–Trinajstić information content (AvgIpc) is 2.54. The molecule has 3 nitrogen and oxygen atoms in total. The Balaban J connectivity index is 2.05. The second kappa shape index (κ2) is 3.28. The van der Waals surface area contributed by atoms with Crippen LogP contribution in [0.5, 0.6) is 0 Å². The Morgan fingerprint density at radius 1 is 1.71 bits per heavy atom. The van der Waals surface area contributed by atoms with Gasteiger partial charge in [0.1, 0.15) is 0 Å². The quantitative estimate of drug-likeness (QED) is 0.841. The first-order valence-corrected chi connectivity index (χ1v) is 6.51. The lowest BCUT2D eigenvalue weighted by Gasteiger charge is -2.10. The van der Waals surface area contributed by atoms with E-state index in [0.29, 0.717) is 5.13 Å². The predicted molar refractivity (Wildman–Crippen MR) is 64.1 cm³/mol. The van der Waals surface area contributed by atoms with Crippen LogP contribution in [0.4, 0.5) is 5.13 Å². The molecule has 1 aliphatic rings. The van der Waals surface area contributed by atoms with Gasteiger partial charge in [-0.25, -0.2) is 4.98 Å². The molecule has 0 aromatic carbocycles. The van der Waals surface area contributed by atoms with Crippen molar-refractivity contribution in [2.75, 3.05) is 5.32 Å². The smallest absolute Gasteiger partial charge is 0.234 e. The van der Waals surface area contributed by atoms with Gasteiger partial charge in [-0.15, -0.1) is 11.3 Å². The number of hydrogen-bond donors (Lipinski definition) is 1.